The van der Waals surface area contributed by atoms with Crippen LogP contribution in [-0.4, -0.2) is 64.1 Å². The van der Waals surface area contributed by atoms with E-state index in [0.717, 1.165) is 24.5 Å². The number of amides is 1. The predicted octanol–water partition coefficient (Wildman–Crippen LogP) is 4.01. The molecule has 0 radical (unpaired) electrons. The van der Waals surface area contributed by atoms with Gasteiger partial charge in [-0.25, -0.2) is 0 Å². The molecular formula is C32H29N3O6. The molecular weight excluding hydrogens is 522 g/mol. The number of rotatable bonds is 5. The molecule has 1 fully saturated rings. The number of para-hydroxylation sites is 1. The number of phenols is 2. The molecule has 41 heavy (non-hydrogen) atoms. The number of pyridine rings is 1. The Morgan fingerprint density at radius 3 is 2.39 bits per heavy atom. The van der Waals surface area contributed by atoms with Crippen molar-refractivity contribution in [1.29, 1.82) is 0 Å². The zero-order chi connectivity index (χ0) is 28.7. The van der Waals surface area contributed by atoms with Crippen LogP contribution in [0.4, 0.5) is 0 Å². The van der Waals surface area contributed by atoms with E-state index in [1.54, 1.807) is 41.3 Å². The molecule has 3 aromatic carbocycles. The maximum Gasteiger partial charge on any atom is 0.252 e. The summed E-state index contributed by atoms with van der Waals surface area (Å²) < 4.78 is 6.23. The van der Waals surface area contributed by atoms with Crippen LogP contribution in [0.3, 0.4) is 0 Å². The van der Waals surface area contributed by atoms with E-state index < -0.39 is 22.7 Å². The molecule has 0 saturated carbocycles. The second-order valence-electron chi connectivity index (χ2n) is 10.5. The third kappa shape index (κ3) is 4.96. The van der Waals surface area contributed by atoms with E-state index in [2.05, 4.69) is 9.88 Å². The highest BCUT2D eigenvalue weighted by Gasteiger charge is 2.32. The van der Waals surface area contributed by atoms with Gasteiger partial charge in [-0.15, -0.1) is 0 Å². The first kappa shape index (κ1) is 26.3. The maximum atomic E-state index is 13.7. The van der Waals surface area contributed by atoms with Gasteiger partial charge in [0, 0.05) is 72.9 Å². The highest BCUT2D eigenvalue weighted by Crippen LogP contribution is 2.42. The second-order valence-corrected chi connectivity index (χ2v) is 10.5. The summed E-state index contributed by atoms with van der Waals surface area (Å²) in [7, 11) is 1.99. The van der Waals surface area contributed by atoms with Crippen molar-refractivity contribution in [2.75, 3.05) is 33.2 Å². The summed E-state index contributed by atoms with van der Waals surface area (Å²) in [6.45, 7) is 2.50. The van der Waals surface area contributed by atoms with Crippen LogP contribution in [0.5, 0.6) is 11.5 Å². The number of hydrogen-bond donors (Lipinski definition) is 3. The number of phenolic OH excluding ortho intramolecular Hbond substituents is 2. The third-order valence-corrected chi connectivity index (χ3v) is 7.80. The molecule has 2 aromatic heterocycles. The van der Waals surface area contributed by atoms with Gasteiger partial charge >= 0.3 is 0 Å². The van der Waals surface area contributed by atoms with Crippen LogP contribution in [-0.2, 0) is 4.79 Å². The number of aromatic hydroxyl groups is 2. The van der Waals surface area contributed by atoms with Crippen molar-refractivity contribution in [3.8, 4) is 22.8 Å². The number of fused-ring (bicyclic) bond motifs is 2. The average molecular weight is 552 g/mol. The monoisotopic (exact) mass is 551 g/mol. The molecule has 3 heterocycles. The minimum Gasteiger partial charge on any atom is -0.507 e. The Morgan fingerprint density at radius 2 is 1.63 bits per heavy atom. The number of benzene rings is 3. The van der Waals surface area contributed by atoms with Gasteiger partial charge in [0.2, 0.25) is 5.91 Å². The molecule has 1 aliphatic heterocycles. The lowest BCUT2D eigenvalue weighted by molar-refractivity contribution is -0.133. The summed E-state index contributed by atoms with van der Waals surface area (Å²) in [4.78, 5) is 47.3. The highest BCUT2D eigenvalue weighted by atomic mass is 16.3. The summed E-state index contributed by atoms with van der Waals surface area (Å²) in [6, 6.07) is 20.3. The topological polar surface area (TPSA) is 127 Å². The number of aromatic nitrogens is 1. The third-order valence-electron chi connectivity index (χ3n) is 7.80. The molecule has 0 aliphatic carbocycles. The lowest BCUT2D eigenvalue weighted by atomic mass is 9.86. The minimum atomic E-state index is -0.979. The van der Waals surface area contributed by atoms with Crippen LogP contribution in [0.25, 0.3) is 33.2 Å². The van der Waals surface area contributed by atoms with E-state index in [9.17, 15) is 24.6 Å². The molecule has 0 unspecified atom stereocenters. The lowest BCUT2D eigenvalue weighted by Gasteiger charge is -2.33. The Bertz CT molecular complexity index is 1890. The number of nitrogens with zero attached hydrogens (tertiary/aromatic N) is 2. The lowest BCUT2D eigenvalue weighted by Crippen LogP contribution is -2.47. The number of likely N-dealkylation sites (N-methyl/N-ethyl adjacent to an activating group) is 1. The highest BCUT2D eigenvalue weighted by molar-refractivity contribution is 5.91. The van der Waals surface area contributed by atoms with E-state index in [4.69, 9.17) is 4.42 Å². The van der Waals surface area contributed by atoms with Crippen molar-refractivity contribution in [1.82, 2.24) is 14.8 Å². The van der Waals surface area contributed by atoms with Crippen LogP contribution in [0.2, 0.25) is 0 Å². The first-order valence-corrected chi connectivity index (χ1v) is 13.5. The summed E-state index contributed by atoms with van der Waals surface area (Å²) in [5.41, 5.74) is 0.564. The van der Waals surface area contributed by atoms with Gasteiger partial charge in [-0.1, -0.05) is 48.5 Å². The number of piperazine rings is 1. The molecule has 9 heteroatoms. The molecule has 3 N–H and O–H groups in total. The average Bonchev–Trinajstić information content (AvgIpc) is 2.96. The molecule has 1 atom stereocenters. The summed E-state index contributed by atoms with van der Waals surface area (Å²) >= 11 is 0. The fourth-order valence-corrected chi connectivity index (χ4v) is 5.55. The van der Waals surface area contributed by atoms with E-state index in [-0.39, 0.29) is 45.9 Å². The van der Waals surface area contributed by atoms with E-state index in [1.165, 1.54) is 6.07 Å². The quantitative estimate of drug-likeness (QED) is 0.301. The summed E-state index contributed by atoms with van der Waals surface area (Å²) in [5.74, 6) is -1.78. The largest absolute Gasteiger partial charge is 0.507 e. The fourth-order valence-electron chi connectivity index (χ4n) is 5.55. The summed E-state index contributed by atoms with van der Waals surface area (Å²) in [5, 5.41) is 22.6. The van der Waals surface area contributed by atoms with Crippen molar-refractivity contribution in [3.63, 3.8) is 0 Å². The van der Waals surface area contributed by atoms with Gasteiger partial charge in [-0.05, 0) is 24.6 Å². The first-order valence-electron chi connectivity index (χ1n) is 13.5. The standard InChI is InChI=1S/C32H29N3O6/c1-34-11-13-35(14-12-34)28(39)16-21(22-15-20-9-5-6-10-23(20)33-32(22)40)29-24(36)17-25(37)30-26(38)18-27(41-31(29)30)19-7-3-2-4-8-19/h2-10,15,17-18,21,36-37H,11-14,16H2,1H3,(H,33,40)/t21-/m1/s1. The Labute approximate surface area is 234 Å². The predicted molar refractivity (Wildman–Crippen MR) is 156 cm³/mol. The maximum absolute atomic E-state index is 13.7. The van der Waals surface area contributed by atoms with E-state index in [1.807, 2.05) is 31.3 Å². The van der Waals surface area contributed by atoms with Crippen LogP contribution >= 0.6 is 0 Å². The Morgan fingerprint density at radius 1 is 0.927 bits per heavy atom. The normalized spacial score (nSPS) is 14.9. The number of carbonyl (C=O) groups excluding carboxylic acids is 1. The number of hydrogen-bond acceptors (Lipinski definition) is 7. The van der Waals surface area contributed by atoms with Crippen molar-refractivity contribution in [2.45, 2.75) is 12.3 Å². The van der Waals surface area contributed by atoms with Gasteiger partial charge in [-0.2, -0.15) is 0 Å². The first-order chi connectivity index (χ1) is 19.8. The Kier molecular flexibility index (Phi) is 6.80. The minimum absolute atomic E-state index is 0.0717. The molecule has 0 bridgehead atoms. The van der Waals surface area contributed by atoms with E-state index >= 15 is 0 Å². The fraction of sp³-hybridized carbons (Fsp3) is 0.219. The van der Waals surface area contributed by atoms with Gasteiger partial charge in [0.15, 0.2) is 5.43 Å². The Balaban J connectivity index is 1.59. The van der Waals surface area contributed by atoms with Crippen molar-refractivity contribution in [2.24, 2.45) is 0 Å². The summed E-state index contributed by atoms with van der Waals surface area (Å²) in [6.07, 6.45) is -0.155. The zero-order valence-electron chi connectivity index (χ0n) is 22.5. The van der Waals surface area contributed by atoms with Gasteiger partial charge in [0.05, 0.1) is 0 Å². The van der Waals surface area contributed by atoms with Gasteiger partial charge in [-0.3, -0.25) is 14.4 Å². The molecule has 6 rings (SSSR count). The number of H-pyrrole nitrogens is 1. The molecule has 0 spiro atoms. The molecule has 5 aromatic rings. The second kappa shape index (κ2) is 10.6. The van der Waals surface area contributed by atoms with Crippen LogP contribution in [0, 0.1) is 0 Å². The van der Waals surface area contributed by atoms with Crippen molar-refractivity contribution < 1.29 is 19.4 Å². The molecule has 208 valence electrons. The molecule has 1 amide bonds. The molecule has 1 saturated heterocycles. The van der Waals surface area contributed by atoms with Crippen LogP contribution in [0.15, 0.2) is 86.8 Å². The number of nitrogens with one attached hydrogen (secondary N) is 1. The SMILES string of the molecule is CN1CCN(C(=O)C[C@H](c2cc3ccccc3[nH]c2=O)c2c(O)cc(O)c3c(=O)cc(-c4ccccc4)oc23)CC1. The van der Waals surface area contributed by atoms with Crippen LogP contribution in [0.1, 0.15) is 23.5 Å². The van der Waals surface area contributed by atoms with Gasteiger partial charge < -0.3 is 29.4 Å². The van der Waals surface area contributed by atoms with Gasteiger partial charge in [0.1, 0.15) is 28.2 Å². The number of carbonyl (C=O) groups is 1. The zero-order valence-corrected chi connectivity index (χ0v) is 22.5. The van der Waals surface area contributed by atoms with Crippen molar-refractivity contribution in [3.05, 3.63) is 105 Å². The molecule has 1 aliphatic rings. The molecule has 9 nitrogen and oxygen atoms in total. The van der Waals surface area contributed by atoms with Crippen molar-refractivity contribution >= 4 is 27.8 Å². The van der Waals surface area contributed by atoms with E-state index in [0.29, 0.717) is 24.2 Å². The van der Waals surface area contributed by atoms with Gasteiger partial charge in [0.25, 0.3) is 5.56 Å². The Hall–Kier alpha value is -4.89. The number of aromatic amines is 1. The van der Waals surface area contributed by atoms with Crippen LogP contribution < -0.4 is 11.0 Å². The smallest absolute Gasteiger partial charge is 0.252 e.